The Labute approximate surface area is 87.5 Å². The summed E-state index contributed by atoms with van der Waals surface area (Å²) in [7, 11) is 0. The first-order valence-corrected chi connectivity index (χ1v) is 4.65. The van der Waals surface area contributed by atoms with E-state index in [9.17, 15) is 0 Å². The van der Waals surface area contributed by atoms with Crippen LogP contribution in [0.5, 0.6) is 0 Å². The minimum Gasteiger partial charge on any atom is -0.383 e. The van der Waals surface area contributed by atoms with E-state index >= 15 is 0 Å². The van der Waals surface area contributed by atoms with Gasteiger partial charge in [-0.3, -0.25) is 0 Å². The Kier molecular flexibility index (Phi) is 2.39. The number of hydrogen-bond acceptors (Lipinski definition) is 4. The Morgan fingerprint density at radius 1 is 1.40 bits per heavy atom. The van der Waals surface area contributed by atoms with Gasteiger partial charge in [0.05, 0.1) is 6.04 Å². The average molecular weight is 203 g/mol. The van der Waals surface area contributed by atoms with Crippen molar-refractivity contribution in [2.24, 2.45) is 5.73 Å². The van der Waals surface area contributed by atoms with Crippen LogP contribution in [0.15, 0.2) is 24.7 Å². The highest BCUT2D eigenvalue weighted by Gasteiger charge is 2.14. The van der Waals surface area contributed by atoms with Crippen molar-refractivity contribution < 1.29 is 0 Å². The van der Waals surface area contributed by atoms with Gasteiger partial charge < -0.3 is 16.5 Å². The number of nitrogens with zero attached hydrogens (tertiary/aromatic N) is 2. The van der Waals surface area contributed by atoms with Crippen molar-refractivity contribution in [3.05, 3.63) is 41.6 Å². The maximum Gasteiger partial charge on any atom is 0.128 e. The lowest BCUT2D eigenvalue weighted by Gasteiger charge is -2.11. The SMILES string of the molecule is Cc1cnc(N)c(C(N)c2ncc[nH]2)c1. The van der Waals surface area contributed by atoms with Gasteiger partial charge in [0.1, 0.15) is 11.6 Å². The van der Waals surface area contributed by atoms with Gasteiger partial charge in [0.25, 0.3) is 0 Å². The zero-order valence-electron chi connectivity index (χ0n) is 8.44. The Bertz CT molecular complexity index is 449. The third-order valence-corrected chi connectivity index (χ3v) is 2.24. The number of anilines is 1. The van der Waals surface area contributed by atoms with Crippen LogP contribution >= 0.6 is 0 Å². The van der Waals surface area contributed by atoms with Crippen LogP contribution in [-0.4, -0.2) is 15.0 Å². The highest BCUT2D eigenvalue weighted by Crippen LogP contribution is 2.21. The number of aromatic nitrogens is 3. The van der Waals surface area contributed by atoms with Gasteiger partial charge >= 0.3 is 0 Å². The highest BCUT2D eigenvalue weighted by atomic mass is 14.9. The molecule has 2 rings (SSSR count). The Hall–Kier alpha value is -1.88. The molecule has 0 aromatic carbocycles. The van der Waals surface area contributed by atoms with Crippen LogP contribution in [0, 0.1) is 6.92 Å². The molecule has 0 saturated carbocycles. The molecule has 0 radical (unpaired) electrons. The summed E-state index contributed by atoms with van der Waals surface area (Å²) >= 11 is 0. The van der Waals surface area contributed by atoms with Crippen molar-refractivity contribution in [2.75, 3.05) is 5.73 Å². The lowest BCUT2D eigenvalue weighted by atomic mass is 10.1. The third kappa shape index (κ3) is 1.82. The molecule has 0 saturated heterocycles. The molecule has 78 valence electrons. The quantitative estimate of drug-likeness (QED) is 0.671. The molecule has 2 heterocycles. The zero-order chi connectivity index (χ0) is 10.8. The van der Waals surface area contributed by atoms with Crippen molar-refractivity contribution >= 4 is 5.82 Å². The number of nitrogen functional groups attached to an aromatic ring is 1. The van der Waals surface area contributed by atoms with Crippen molar-refractivity contribution in [3.63, 3.8) is 0 Å². The summed E-state index contributed by atoms with van der Waals surface area (Å²) in [5, 5.41) is 0. The van der Waals surface area contributed by atoms with Gasteiger partial charge in [0.15, 0.2) is 0 Å². The van der Waals surface area contributed by atoms with Gasteiger partial charge in [0.2, 0.25) is 0 Å². The molecule has 2 aromatic heterocycles. The molecule has 1 unspecified atom stereocenters. The number of hydrogen-bond donors (Lipinski definition) is 3. The number of nitrogens with two attached hydrogens (primary N) is 2. The molecule has 5 N–H and O–H groups in total. The maximum absolute atomic E-state index is 6.02. The first kappa shape index (κ1) is 9.67. The number of imidazole rings is 1. The van der Waals surface area contributed by atoms with E-state index in [0.29, 0.717) is 11.6 Å². The second-order valence-electron chi connectivity index (χ2n) is 3.44. The van der Waals surface area contributed by atoms with E-state index in [1.54, 1.807) is 18.6 Å². The molecular formula is C10H13N5. The van der Waals surface area contributed by atoms with Crippen LogP contribution in [0.25, 0.3) is 0 Å². The summed E-state index contributed by atoms with van der Waals surface area (Å²) in [4.78, 5) is 11.1. The molecule has 0 amide bonds. The van der Waals surface area contributed by atoms with Crippen LogP contribution in [-0.2, 0) is 0 Å². The standard InChI is InChI=1S/C10H13N5/c1-6-4-7(9(12)15-5-6)8(11)10-13-2-3-14-10/h2-5,8H,11H2,1H3,(H2,12,15)(H,13,14). The van der Waals surface area contributed by atoms with Gasteiger partial charge in [-0.05, 0) is 18.6 Å². The van der Waals surface area contributed by atoms with Gasteiger partial charge in [-0.15, -0.1) is 0 Å². The van der Waals surface area contributed by atoms with E-state index < -0.39 is 0 Å². The topological polar surface area (TPSA) is 93.6 Å². The molecular weight excluding hydrogens is 190 g/mol. The number of pyridine rings is 1. The summed E-state index contributed by atoms with van der Waals surface area (Å²) in [6.07, 6.45) is 5.11. The van der Waals surface area contributed by atoms with Crippen LogP contribution in [0.2, 0.25) is 0 Å². The van der Waals surface area contributed by atoms with Gasteiger partial charge in [0, 0.05) is 24.2 Å². The van der Waals surface area contributed by atoms with Crippen LogP contribution in [0.3, 0.4) is 0 Å². The largest absolute Gasteiger partial charge is 0.383 e. The molecule has 15 heavy (non-hydrogen) atoms. The normalized spacial score (nSPS) is 12.7. The smallest absolute Gasteiger partial charge is 0.128 e. The lowest BCUT2D eigenvalue weighted by Crippen LogP contribution is -2.16. The van der Waals surface area contributed by atoms with E-state index in [2.05, 4.69) is 15.0 Å². The van der Waals surface area contributed by atoms with Gasteiger partial charge in [-0.2, -0.15) is 0 Å². The highest BCUT2D eigenvalue weighted by molar-refractivity contribution is 5.44. The summed E-state index contributed by atoms with van der Waals surface area (Å²) in [6.45, 7) is 1.95. The first-order valence-electron chi connectivity index (χ1n) is 4.65. The molecule has 1 atom stereocenters. The summed E-state index contributed by atoms with van der Waals surface area (Å²) < 4.78 is 0. The summed E-state index contributed by atoms with van der Waals surface area (Å²) in [5.74, 6) is 1.14. The molecule has 5 heteroatoms. The first-order chi connectivity index (χ1) is 7.18. The number of rotatable bonds is 2. The number of aromatic amines is 1. The third-order valence-electron chi connectivity index (χ3n) is 2.24. The van der Waals surface area contributed by atoms with E-state index in [4.69, 9.17) is 11.5 Å². The van der Waals surface area contributed by atoms with Gasteiger partial charge in [-0.25, -0.2) is 9.97 Å². The molecule has 5 nitrogen and oxygen atoms in total. The van der Waals surface area contributed by atoms with Crippen LogP contribution in [0.4, 0.5) is 5.82 Å². The number of aryl methyl sites for hydroxylation is 1. The molecule has 0 fully saturated rings. The second-order valence-corrected chi connectivity index (χ2v) is 3.44. The molecule has 0 bridgehead atoms. The summed E-state index contributed by atoms with van der Waals surface area (Å²) in [6, 6.07) is 1.57. The van der Waals surface area contributed by atoms with E-state index in [0.717, 1.165) is 11.1 Å². The second kappa shape index (κ2) is 3.70. The molecule has 0 aliphatic carbocycles. The molecule has 0 aliphatic rings. The fourth-order valence-corrected chi connectivity index (χ4v) is 1.45. The van der Waals surface area contributed by atoms with Crippen LogP contribution < -0.4 is 11.5 Å². The predicted octanol–water partition coefficient (Wildman–Crippen LogP) is 0.743. The van der Waals surface area contributed by atoms with Crippen molar-refractivity contribution in [3.8, 4) is 0 Å². The van der Waals surface area contributed by atoms with Crippen molar-refractivity contribution in [2.45, 2.75) is 13.0 Å². The zero-order valence-corrected chi connectivity index (χ0v) is 8.44. The van der Waals surface area contributed by atoms with Crippen LogP contribution in [0.1, 0.15) is 23.0 Å². The number of nitrogens with one attached hydrogen (secondary N) is 1. The average Bonchev–Trinajstić information content (AvgIpc) is 2.74. The fourth-order valence-electron chi connectivity index (χ4n) is 1.45. The van der Waals surface area contributed by atoms with E-state index in [1.165, 1.54) is 0 Å². The van der Waals surface area contributed by atoms with E-state index in [1.807, 2.05) is 13.0 Å². The predicted molar refractivity (Wildman–Crippen MR) is 58.0 cm³/mol. The monoisotopic (exact) mass is 203 g/mol. The van der Waals surface area contributed by atoms with E-state index in [-0.39, 0.29) is 6.04 Å². The van der Waals surface area contributed by atoms with Crippen molar-refractivity contribution in [1.29, 1.82) is 0 Å². The van der Waals surface area contributed by atoms with Gasteiger partial charge in [-0.1, -0.05) is 0 Å². The maximum atomic E-state index is 6.02. The van der Waals surface area contributed by atoms with Crippen molar-refractivity contribution in [1.82, 2.24) is 15.0 Å². The lowest BCUT2D eigenvalue weighted by molar-refractivity contribution is 0.797. The molecule has 0 spiro atoms. The molecule has 2 aromatic rings. The Morgan fingerprint density at radius 2 is 2.20 bits per heavy atom. The Balaban J connectivity index is 2.41. The summed E-state index contributed by atoms with van der Waals surface area (Å²) in [5.41, 5.74) is 13.6. The fraction of sp³-hybridized carbons (Fsp3) is 0.200. The number of H-pyrrole nitrogens is 1. The minimum atomic E-state index is -0.354. The molecule has 0 aliphatic heterocycles. The minimum absolute atomic E-state index is 0.354. The Morgan fingerprint density at radius 3 is 2.87 bits per heavy atom.